The van der Waals surface area contributed by atoms with Gasteiger partial charge >= 0.3 is 5.97 Å². The number of thiophene rings is 1. The quantitative estimate of drug-likeness (QED) is 0.578. The Kier molecular flexibility index (Phi) is 6.51. The Morgan fingerprint density at radius 2 is 2.03 bits per heavy atom. The summed E-state index contributed by atoms with van der Waals surface area (Å²) in [4.78, 5) is 42.9. The van der Waals surface area contributed by atoms with E-state index in [0.29, 0.717) is 38.5 Å². The number of methoxy groups -OCH3 is 1. The van der Waals surface area contributed by atoms with E-state index in [1.54, 1.807) is 38.1 Å². The maximum atomic E-state index is 12.9. The van der Waals surface area contributed by atoms with Crippen molar-refractivity contribution < 1.29 is 19.1 Å². The van der Waals surface area contributed by atoms with Gasteiger partial charge in [-0.1, -0.05) is 19.1 Å². The standard InChI is InChI=1S/C21H23N3O5S/c1-5-12(2)29-16(25)10-24-11-22-20-17(21(24)27)13(3)18(30-20)19(26)23-14-8-6-7-9-15(14)28-4/h6-9,11-12H,5,10H2,1-4H3,(H,23,26)/t12-/m0/s1. The molecule has 9 heteroatoms. The van der Waals surface area contributed by atoms with Crippen LogP contribution in [0.15, 0.2) is 35.4 Å². The molecular formula is C21H23N3O5S. The second kappa shape index (κ2) is 9.08. The summed E-state index contributed by atoms with van der Waals surface area (Å²) < 4.78 is 11.7. The smallest absolute Gasteiger partial charge is 0.326 e. The molecule has 0 fully saturated rings. The number of nitrogens with zero attached hydrogens (tertiary/aromatic N) is 2. The van der Waals surface area contributed by atoms with Gasteiger partial charge in [-0.25, -0.2) is 4.98 Å². The number of rotatable bonds is 7. The first-order chi connectivity index (χ1) is 14.3. The topological polar surface area (TPSA) is 99.5 Å². The minimum atomic E-state index is -0.505. The van der Waals surface area contributed by atoms with E-state index >= 15 is 0 Å². The van der Waals surface area contributed by atoms with Gasteiger partial charge in [0, 0.05) is 0 Å². The molecular weight excluding hydrogens is 406 g/mol. The molecule has 0 bridgehead atoms. The molecule has 0 aliphatic rings. The summed E-state index contributed by atoms with van der Waals surface area (Å²) in [6.07, 6.45) is 1.77. The van der Waals surface area contributed by atoms with Crippen LogP contribution in [0.25, 0.3) is 10.2 Å². The molecule has 1 N–H and O–H groups in total. The van der Waals surface area contributed by atoms with Crippen molar-refractivity contribution in [3.8, 4) is 5.75 Å². The van der Waals surface area contributed by atoms with Gasteiger partial charge in [0.15, 0.2) is 0 Å². The van der Waals surface area contributed by atoms with Gasteiger partial charge in [-0.15, -0.1) is 11.3 Å². The number of carbonyl (C=O) groups is 2. The number of anilines is 1. The second-order valence-electron chi connectivity index (χ2n) is 6.78. The van der Waals surface area contributed by atoms with Crippen molar-refractivity contribution in [2.24, 2.45) is 0 Å². The molecule has 8 nitrogen and oxygen atoms in total. The monoisotopic (exact) mass is 429 g/mol. The number of carbonyl (C=O) groups excluding carboxylic acids is 2. The fourth-order valence-corrected chi connectivity index (χ4v) is 3.93. The highest BCUT2D eigenvalue weighted by Gasteiger charge is 2.21. The van der Waals surface area contributed by atoms with Crippen LogP contribution in [-0.2, 0) is 16.1 Å². The van der Waals surface area contributed by atoms with Crippen molar-refractivity contribution in [2.45, 2.75) is 39.8 Å². The fourth-order valence-electron chi connectivity index (χ4n) is 2.90. The van der Waals surface area contributed by atoms with Crippen LogP contribution in [-0.4, -0.2) is 34.6 Å². The molecule has 1 aromatic carbocycles. The summed E-state index contributed by atoms with van der Waals surface area (Å²) in [7, 11) is 1.52. The van der Waals surface area contributed by atoms with E-state index in [1.165, 1.54) is 18.0 Å². The van der Waals surface area contributed by atoms with E-state index in [2.05, 4.69) is 10.3 Å². The summed E-state index contributed by atoms with van der Waals surface area (Å²) in [5.41, 5.74) is 0.663. The van der Waals surface area contributed by atoms with Gasteiger partial charge in [0.1, 0.15) is 17.1 Å². The zero-order valence-corrected chi connectivity index (χ0v) is 18.0. The average Bonchev–Trinajstić information content (AvgIpc) is 3.07. The van der Waals surface area contributed by atoms with E-state index in [-0.39, 0.29) is 24.1 Å². The van der Waals surface area contributed by atoms with Crippen molar-refractivity contribution in [3.63, 3.8) is 0 Å². The van der Waals surface area contributed by atoms with Gasteiger partial charge < -0.3 is 14.8 Å². The summed E-state index contributed by atoms with van der Waals surface area (Å²) in [5, 5.41) is 3.13. The summed E-state index contributed by atoms with van der Waals surface area (Å²) >= 11 is 1.13. The third-order valence-corrected chi connectivity index (χ3v) is 5.88. The number of ether oxygens (including phenoxy) is 2. The zero-order chi connectivity index (χ0) is 21.8. The van der Waals surface area contributed by atoms with Crippen LogP contribution in [0.1, 0.15) is 35.5 Å². The number of aromatic nitrogens is 2. The van der Waals surface area contributed by atoms with Crippen molar-refractivity contribution in [1.29, 1.82) is 0 Å². The third kappa shape index (κ3) is 4.35. The molecule has 0 spiro atoms. The number of hydrogen-bond acceptors (Lipinski definition) is 7. The first-order valence-electron chi connectivity index (χ1n) is 9.48. The molecule has 0 aliphatic heterocycles. The molecule has 1 amide bonds. The van der Waals surface area contributed by atoms with Crippen LogP contribution in [0.2, 0.25) is 0 Å². The summed E-state index contributed by atoms with van der Waals surface area (Å²) in [5.74, 6) is -0.332. The van der Waals surface area contributed by atoms with E-state index < -0.39 is 5.97 Å². The number of hydrogen-bond donors (Lipinski definition) is 1. The molecule has 0 saturated carbocycles. The molecule has 30 heavy (non-hydrogen) atoms. The van der Waals surface area contributed by atoms with Crippen LogP contribution in [0.3, 0.4) is 0 Å². The Labute approximate surface area is 177 Å². The molecule has 3 aromatic rings. The van der Waals surface area contributed by atoms with Crippen LogP contribution >= 0.6 is 11.3 Å². The van der Waals surface area contributed by atoms with Crippen molar-refractivity contribution in [2.75, 3.05) is 12.4 Å². The van der Waals surface area contributed by atoms with E-state index in [1.807, 2.05) is 6.92 Å². The van der Waals surface area contributed by atoms with Crippen LogP contribution in [0, 0.1) is 6.92 Å². The molecule has 0 unspecified atom stereocenters. The lowest BCUT2D eigenvalue weighted by atomic mass is 10.2. The predicted octanol–water partition coefficient (Wildman–Crippen LogP) is 3.37. The maximum Gasteiger partial charge on any atom is 0.326 e. The van der Waals surface area contributed by atoms with E-state index in [4.69, 9.17) is 9.47 Å². The van der Waals surface area contributed by atoms with Crippen LogP contribution in [0.4, 0.5) is 5.69 Å². The van der Waals surface area contributed by atoms with Gasteiger partial charge in [0.05, 0.1) is 35.5 Å². The molecule has 2 aromatic heterocycles. The van der Waals surface area contributed by atoms with Crippen LogP contribution < -0.4 is 15.6 Å². The Balaban J connectivity index is 1.90. The first kappa shape index (κ1) is 21.5. The van der Waals surface area contributed by atoms with Gasteiger partial charge in [0.2, 0.25) is 0 Å². The minimum absolute atomic E-state index is 0.224. The Bertz CT molecular complexity index is 1150. The maximum absolute atomic E-state index is 12.9. The van der Waals surface area contributed by atoms with Gasteiger partial charge in [0.25, 0.3) is 11.5 Å². The number of para-hydroxylation sites is 2. The largest absolute Gasteiger partial charge is 0.495 e. The summed E-state index contributed by atoms with van der Waals surface area (Å²) in [6.45, 7) is 5.16. The lowest BCUT2D eigenvalue weighted by Crippen LogP contribution is -2.27. The van der Waals surface area contributed by atoms with E-state index in [0.717, 1.165) is 11.3 Å². The second-order valence-corrected chi connectivity index (χ2v) is 7.78. The molecule has 2 heterocycles. The van der Waals surface area contributed by atoms with Crippen molar-refractivity contribution >= 4 is 39.1 Å². The molecule has 158 valence electrons. The number of esters is 1. The number of fused-ring (bicyclic) bond motifs is 1. The molecule has 0 radical (unpaired) electrons. The predicted molar refractivity (Wildman–Crippen MR) is 115 cm³/mol. The fraction of sp³-hybridized carbons (Fsp3) is 0.333. The lowest BCUT2D eigenvalue weighted by Gasteiger charge is -2.11. The van der Waals surface area contributed by atoms with Crippen LogP contribution in [0.5, 0.6) is 5.75 Å². The molecule has 0 saturated heterocycles. The zero-order valence-electron chi connectivity index (χ0n) is 17.2. The minimum Gasteiger partial charge on any atom is -0.495 e. The first-order valence-corrected chi connectivity index (χ1v) is 10.3. The number of nitrogens with one attached hydrogen (secondary N) is 1. The number of benzene rings is 1. The van der Waals surface area contributed by atoms with Crippen molar-refractivity contribution in [3.05, 3.63) is 51.4 Å². The van der Waals surface area contributed by atoms with E-state index in [9.17, 15) is 14.4 Å². The summed E-state index contributed by atoms with van der Waals surface area (Å²) in [6, 6.07) is 7.06. The Morgan fingerprint density at radius 1 is 1.30 bits per heavy atom. The molecule has 3 rings (SSSR count). The van der Waals surface area contributed by atoms with Gasteiger partial charge in [-0.3, -0.25) is 19.0 Å². The number of amides is 1. The normalized spacial score (nSPS) is 11.9. The Hall–Kier alpha value is -3.20. The Morgan fingerprint density at radius 3 is 2.73 bits per heavy atom. The van der Waals surface area contributed by atoms with Gasteiger partial charge in [-0.05, 0) is 38.0 Å². The highest BCUT2D eigenvalue weighted by Crippen LogP contribution is 2.29. The van der Waals surface area contributed by atoms with Crippen molar-refractivity contribution in [1.82, 2.24) is 9.55 Å². The highest BCUT2D eigenvalue weighted by molar-refractivity contribution is 7.20. The highest BCUT2D eigenvalue weighted by atomic mass is 32.1. The third-order valence-electron chi connectivity index (χ3n) is 4.69. The molecule has 1 atom stereocenters. The number of aryl methyl sites for hydroxylation is 1. The SMILES string of the molecule is CC[C@H](C)OC(=O)Cn1cnc2sc(C(=O)Nc3ccccc3OC)c(C)c2c1=O. The lowest BCUT2D eigenvalue weighted by molar-refractivity contribution is -0.149. The average molecular weight is 429 g/mol. The van der Waals surface area contributed by atoms with Gasteiger partial charge in [-0.2, -0.15) is 0 Å². The molecule has 0 aliphatic carbocycles.